The third-order valence-corrected chi connectivity index (χ3v) is 6.11. The van der Waals surface area contributed by atoms with Gasteiger partial charge in [0.15, 0.2) is 0 Å². The summed E-state index contributed by atoms with van der Waals surface area (Å²) in [6.07, 6.45) is 1.65. The molecule has 4 nitrogen and oxygen atoms in total. The van der Waals surface area contributed by atoms with Crippen molar-refractivity contribution in [3.8, 4) is 0 Å². The molecule has 0 saturated carbocycles. The van der Waals surface area contributed by atoms with Crippen molar-refractivity contribution >= 4 is 33.1 Å². The largest absolute Gasteiger partial charge is 0.310 e. The van der Waals surface area contributed by atoms with Gasteiger partial charge >= 0.3 is 0 Å². The summed E-state index contributed by atoms with van der Waals surface area (Å²) >= 11 is 3.71. The van der Waals surface area contributed by atoms with Crippen molar-refractivity contribution in [1.82, 2.24) is 5.32 Å². The molecule has 1 aliphatic heterocycles. The Morgan fingerprint density at radius 3 is 3.06 bits per heavy atom. The van der Waals surface area contributed by atoms with Gasteiger partial charge in [0.1, 0.15) is 0 Å². The van der Waals surface area contributed by atoms with E-state index in [1.807, 2.05) is 11.8 Å². The highest BCUT2D eigenvalue weighted by Crippen LogP contribution is 2.43. The SMILES string of the molecule is C[C@H]1CC(NCCCS(N)(=O)=O)c2ccsc2S1. The molecule has 0 spiro atoms. The van der Waals surface area contributed by atoms with Gasteiger partial charge in [-0.25, -0.2) is 13.6 Å². The number of nitrogens with one attached hydrogen (secondary N) is 1. The zero-order chi connectivity index (χ0) is 13.2. The van der Waals surface area contributed by atoms with E-state index in [4.69, 9.17) is 5.14 Å². The normalized spacial score (nSPS) is 23.9. The molecule has 0 bridgehead atoms. The fourth-order valence-corrected chi connectivity index (χ4v) is 5.21. The number of thiophene rings is 1. The van der Waals surface area contributed by atoms with Crippen LogP contribution in [-0.4, -0.2) is 26.0 Å². The van der Waals surface area contributed by atoms with Gasteiger partial charge in [-0.2, -0.15) is 0 Å². The van der Waals surface area contributed by atoms with Crippen molar-refractivity contribution in [3.05, 3.63) is 17.0 Å². The Morgan fingerprint density at radius 1 is 1.56 bits per heavy atom. The van der Waals surface area contributed by atoms with E-state index in [-0.39, 0.29) is 5.75 Å². The third-order valence-electron chi connectivity index (χ3n) is 2.91. The molecule has 7 heteroatoms. The van der Waals surface area contributed by atoms with Crippen LogP contribution in [0, 0.1) is 0 Å². The minimum atomic E-state index is -3.33. The smallest absolute Gasteiger partial charge is 0.209 e. The highest BCUT2D eigenvalue weighted by atomic mass is 32.2. The van der Waals surface area contributed by atoms with Crippen molar-refractivity contribution in [2.24, 2.45) is 5.14 Å². The second-order valence-corrected chi connectivity index (χ2v) is 8.91. The first-order chi connectivity index (χ1) is 8.46. The maximum absolute atomic E-state index is 10.8. The number of sulfonamides is 1. The minimum Gasteiger partial charge on any atom is -0.310 e. The van der Waals surface area contributed by atoms with Crippen LogP contribution in [0.5, 0.6) is 0 Å². The molecule has 0 aliphatic carbocycles. The summed E-state index contributed by atoms with van der Waals surface area (Å²) in [5.74, 6) is 0.0491. The van der Waals surface area contributed by atoms with Crippen LogP contribution in [0.3, 0.4) is 0 Å². The van der Waals surface area contributed by atoms with Gasteiger partial charge < -0.3 is 5.32 Å². The van der Waals surface area contributed by atoms with E-state index in [9.17, 15) is 8.42 Å². The van der Waals surface area contributed by atoms with Crippen LogP contribution in [0.4, 0.5) is 0 Å². The predicted molar refractivity (Wildman–Crippen MR) is 77.6 cm³/mol. The van der Waals surface area contributed by atoms with E-state index in [0.29, 0.717) is 24.3 Å². The molecule has 0 radical (unpaired) electrons. The Morgan fingerprint density at radius 2 is 2.33 bits per heavy atom. The summed E-state index contributed by atoms with van der Waals surface area (Å²) in [7, 11) is -3.33. The molecule has 18 heavy (non-hydrogen) atoms. The Kier molecular flexibility index (Phi) is 4.71. The topological polar surface area (TPSA) is 72.2 Å². The number of fused-ring (bicyclic) bond motifs is 1. The van der Waals surface area contributed by atoms with Gasteiger partial charge in [0.05, 0.1) is 9.96 Å². The summed E-state index contributed by atoms with van der Waals surface area (Å²) in [5.41, 5.74) is 1.36. The maximum atomic E-state index is 10.8. The van der Waals surface area contributed by atoms with Crippen LogP contribution in [0.25, 0.3) is 0 Å². The van der Waals surface area contributed by atoms with Gasteiger partial charge in [0.25, 0.3) is 0 Å². The van der Waals surface area contributed by atoms with Crippen molar-refractivity contribution in [3.63, 3.8) is 0 Å². The fourth-order valence-electron chi connectivity index (χ4n) is 2.09. The molecule has 102 valence electrons. The second-order valence-electron chi connectivity index (χ2n) is 4.55. The number of hydrogen-bond donors (Lipinski definition) is 2. The molecule has 0 amide bonds. The lowest BCUT2D eigenvalue weighted by molar-refractivity contribution is 0.487. The maximum Gasteiger partial charge on any atom is 0.209 e. The van der Waals surface area contributed by atoms with Gasteiger partial charge in [-0.15, -0.1) is 23.1 Å². The zero-order valence-electron chi connectivity index (χ0n) is 10.3. The van der Waals surface area contributed by atoms with Gasteiger partial charge in [0, 0.05) is 11.3 Å². The Bertz CT molecular complexity index is 498. The van der Waals surface area contributed by atoms with E-state index in [1.165, 1.54) is 9.77 Å². The first-order valence-electron chi connectivity index (χ1n) is 5.93. The van der Waals surface area contributed by atoms with E-state index in [1.54, 1.807) is 11.3 Å². The lowest BCUT2D eigenvalue weighted by Crippen LogP contribution is -2.29. The Hall–Kier alpha value is -0.0800. The molecule has 1 aliphatic rings. The molecule has 0 saturated heterocycles. The Balaban J connectivity index is 1.87. The summed E-state index contributed by atoms with van der Waals surface area (Å²) in [4.78, 5) is 0. The number of primary sulfonamides is 1. The molecule has 2 atom stereocenters. The third kappa shape index (κ3) is 3.96. The lowest BCUT2D eigenvalue weighted by Gasteiger charge is -2.27. The molecule has 1 aromatic heterocycles. The number of nitrogens with two attached hydrogens (primary N) is 1. The summed E-state index contributed by atoms with van der Waals surface area (Å²) in [6, 6.07) is 2.51. The monoisotopic (exact) mass is 306 g/mol. The standard InChI is InChI=1S/C11H18N2O2S3/c1-8-7-10(9-3-5-16-11(9)17-8)13-4-2-6-18(12,14)15/h3,5,8,10,13H,2,4,6-7H2,1H3,(H2,12,14,15)/t8-,10?/m0/s1. The number of rotatable bonds is 5. The average Bonchev–Trinajstić information content (AvgIpc) is 2.70. The average molecular weight is 306 g/mol. The van der Waals surface area contributed by atoms with E-state index in [2.05, 4.69) is 23.7 Å². The molecule has 2 rings (SSSR count). The predicted octanol–water partition coefficient (Wildman–Crippen LogP) is 1.94. The number of hydrogen-bond acceptors (Lipinski definition) is 5. The summed E-state index contributed by atoms with van der Waals surface area (Å²) in [5, 5.41) is 11.1. The molecule has 0 fully saturated rings. The van der Waals surface area contributed by atoms with Gasteiger partial charge in [-0.05, 0) is 36.4 Å². The molecule has 1 aromatic rings. The highest BCUT2D eigenvalue weighted by Gasteiger charge is 2.25. The first kappa shape index (κ1) is 14.3. The molecular formula is C11H18N2O2S3. The first-order valence-corrected chi connectivity index (χ1v) is 9.41. The van der Waals surface area contributed by atoms with Gasteiger partial charge in [0.2, 0.25) is 10.0 Å². The summed E-state index contributed by atoms with van der Waals surface area (Å²) < 4.78 is 23.1. The second kappa shape index (κ2) is 5.92. The van der Waals surface area contributed by atoms with E-state index in [0.717, 1.165) is 6.42 Å². The van der Waals surface area contributed by atoms with Crippen LogP contribution in [0.15, 0.2) is 15.7 Å². The molecular weight excluding hydrogens is 288 g/mol. The quantitative estimate of drug-likeness (QED) is 0.816. The minimum absolute atomic E-state index is 0.0491. The molecule has 1 unspecified atom stereocenters. The summed E-state index contributed by atoms with van der Waals surface area (Å²) in [6.45, 7) is 2.92. The zero-order valence-corrected chi connectivity index (χ0v) is 12.7. The Labute approximate surface area is 116 Å². The number of thioether (sulfide) groups is 1. The van der Waals surface area contributed by atoms with Gasteiger partial charge in [-0.1, -0.05) is 6.92 Å². The van der Waals surface area contributed by atoms with Crippen molar-refractivity contribution < 1.29 is 8.42 Å². The van der Waals surface area contributed by atoms with Crippen LogP contribution in [0.1, 0.15) is 31.4 Å². The van der Waals surface area contributed by atoms with E-state index >= 15 is 0 Å². The van der Waals surface area contributed by atoms with Gasteiger partial charge in [-0.3, -0.25) is 0 Å². The molecule has 0 aromatic carbocycles. The highest BCUT2D eigenvalue weighted by molar-refractivity contribution is 8.01. The lowest BCUT2D eigenvalue weighted by atomic mass is 10.0. The fraction of sp³-hybridized carbons (Fsp3) is 0.636. The van der Waals surface area contributed by atoms with Crippen LogP contribution >= 0.6 is 23.1 Å². The molecule has 2 heterocycles. The van der Waals surface area contributed by atoms with Crippen LogP contribution in [-0.2, 0) is 10.0 Å². The van der Waals surface area contributed by atoms with Crippen LogP contribution in [0.2, 0.25) is 0 Å². The van der Waals surface area contributed by atoms with E-state index < -0.39 is 10.0 Å². The van der Waals surface area contributed by atoms with Crippen molar-refractivity contribution in [2.75, 3.05) is 12.3 Å². The van der Waals surface area contributed by atoms with Crippen LogP contribution < -0.4 is 10.5 Å². The molecule has 3 N–H and O–H groups in total. The van der Waals surface area contributed by atoms with Crippen molar-refractivity contribution in [2.45, 2.75) is 35.3 Å². The van der Waals surface area contributed by atoms with Crippen molar-refractivity contribution in [1.29, 1.82) is 0 Å².